The number of carboxylic acid groups (broad SMARTS) is 1. The number of hydrogen-bond acceptors (Lipinski definition) is 5. The van der Waals surface area contributed by atoms with Crippen molar-refractivity contribution >= 4 is 17.1 Å². The Kier molecular flexibility index (Phi) is 2.39. The Hall–Kier alpha value is -2.71. The first-order valence-electron chi connectivity index (χ1n) is 4.78. The van der Waals surface area contributed by atoms with Crippen LogP contribution < -0.4 is 16.8 Å². The Morgan fingerprint density at radius 1 is 1.22 bits per heavy atom. The van der Waals surface area contributed by atoms with E-state index in [0.29, 0.717) is 0 Å². The van der Waals surface area contributed by atoms with Crippen molar-refractivity contribution in [3.05, 3.63) is 36.9 Å². The van der Waals surface area contributed by atoms with E-state index in [1.54, 1.807) is 0 Å². The van der Waals surface area contributed by atoms with E-state index in [9.17, 15) is 19.2 Å². The van der Waals surface area contributed by atoms with Crippen molar-refractivity contribution in [2.24, 2.45) is 14.1 Å². The number of carboxylic acids is 1. The second kappa shape index (κ2) is 3.65. The highest BCUT2D eigenvalue weighted by Crippen LogP contribution is 2.01. The summed E-state index contributed by atoms with van der Waals surface area (Å²) in [5, 5.41) is 8.81. The molecule has 0 saturated carbocycles. The number of aromatic nitrogens is 4. The predicted molar refractivity (Wildman–Crippen MR) is 59.8 cm³/mol. The molecule has 0 radical (unpaired) electrons. The molecular weight excluding hydrogens is 244 g/mol. The zero-order valence-corrected chi connectivity index (χ0v) is 9.42. The van der Waals surface area contributed by atoms with Crippen LogP contribution in [0.3, 0.4) is 0 Å². The minimum atomic E-state index is -1.54. The zero-order chi connectivity index (χ0) is 13.6. The molecule has 0 saturated heterocycles. The maximum Gasteiger partial charge on any atom is 0.360 e. The minimum Gasteiger partial charge on any atom is -0.476 e. The van der Waals surface area contributed by atoms with Crippen molar-refractivity contribution in [1.82, 2.24) is 19.1 Å². The molecule has 94 valence electrons. The number of H-pyrrole nitrogens is 1. The van der Waals surface area contributed by atoms with E-state index in [1.165, 1.54) is 14.1 Å². The van der Waals surface area contributed by atoms with Gasteiger partial charge in [0.15, 0.2) is 11.2 Å². The van der Waals surface area contributed by atoms with Gasteiger partial charge >= 0.3 is 11.7 Å². The molecular formula is C9H8N4O5. The van der Waals surface area contributed by atoms with Crippen molar-refractivity contribution in [3.8, 4) is 0 Å². The van der Waals surface area contributed by atoms with Crippen LogP contribution in [-0.2, 0) is 14.1 Å². The number of aryl methyl sites for hydroxylation is 2. The summed E-state index contributed by atoms with van der Waals surface area (Å²) in [5.41, 5.74) is -3.54. The number of carbonyl (C=O) groups is 1. The maximum atomic E-state index is 11.7. The summed E-state index contributed by atoms with van der Waals surface area (Å²) in [6, 6.07) is 0. The molecule has 0 aliphatic rings. The second-order valence-corrected chi connectivity index (χ2v) is 3.62. The molecule has 0 amide bonds. The molecule has 2 heterocycles. The van der Waals surface area contributed by atoms with Crippen LogP contribution in [0.5, 0.6) is 0 Å². The standard InChI is InChI=1S/C9H8N4O5/c1-12-6-3(5(14)11-9(18)13(6)2)10-4(7(12)15)8(16)17/h1-2H3,(H,16,17)(H,11,14,18). The lowest BCUT2D eigenvalue weighted by Gasteiger charge is -2.08. The van der Waals surface area contributed by atoms with E-state index < -0.39 is 28.5 Å². The molecule has 9 heteroatoms. The average molecular weight is 252 g/mol. The van der Waals surface area contributed by atoms with E-state index in [0.717, 1.165) is 9.13 Å². The predicted octanol–water partition coefficient (Wildman–Crippen LogP) is -1.98. The van der Waals surface area contributed by atoms with E-state index in [2.05, 4.69) is 4.98 Å². The van der Waals surface area contributed by atoms with Gasteiger partial charge in [-0.15, -0.1) is 0 Å². The molecule has 0 fully saturated rings. The SMILES string of the molecule is Cn1c(=O)[nH]c(=O)c2nc(C(=O)O)c(=O)n(C)c21. The first-order valence-corrected chi connectivity index (χ1v) is 4.78. The van der Waals surface area contributed by atoms with Crippen LogP contribution in [0.25, 0.3) is 11.2 Å². The third-order valence-corrected chi connectivity index (χ3v) is 2.52. The van der Waals surface area contributed by atoms with Gasteiger partial charge in [0.25, 0.3) is 11.1 Å². The van der Waals surface area contributed by atoms with Crippen molar-refractivity contribution in [3.63, 3.8) is 0 Å². The van der Waals surface area contributed by atoms with Gasteiger partial charge in [0.1, 0.15) is 0 Å². The topological polar surface area (TPSA) is 127 Å². The van der Waals surface area contributed by atoms with E-state index in [1.807, 2.05) is 4.98 Å². The minimum absolute atomic E-state index is 0.0428. The van der Waals surface area contributed by atoms with Crippen LogP contribution >= 0.6 is 0 Å². The van der Waals surface area contributed by atoms with Crippen molar-refractivity contribution < 1.29 is 9.90 Å². The summed E-state index contributed by atoms with van der Waals surface area (Å²) in [7, 11) is 2.60. The number of fused-ring (bicyclic) bond motifs is 1. The Balaban J connectivity index is 3.20. The van der Waals surface area contributed by atoms with Crippen molar-refractivity contribution in [1.29, 1.82) is 0 Å². The van der Waals surface area contributed by atoms with Gasteiger partial charge in [-0.3, -0.25) is 23.7 Å². The third kappa shape index (κ3) is 1.44. The van der Waals surface area contributed by atoms with Gasteiger partial charge in [0.05, 0.1) is 0 Å². The zero-order valence-electron chi connectivity index (χ0n) is 9.42. The summed E-state index contributed by atoms with van der Waals surface area (Å²) in [6.07, 6.45) is 0. The van der Waals surface area contributed by atoms with E-state index >= 15 is 0 Å². The highest BCUT2D eigenvalue weighted by atomic mass is 16.4. The number of hydrogen-bond donors (Lipinski definition) is 2. The van der Waals surface area contributed by atoms with E-state index in [4.69, 9.17) is 5.11 Å². The number of aromatic carboxylic acids is 1. The monoisotopic (exact) mass is 252 g/mol. The quantitative estimate of drug-likeness (QED) is 0.605. The van der Waals surface area contributed by atoms with Gasteiger partial charge in [-0.2, -0.15) is 0 Å². The van der Waals surface area contributed by atoms with Crippen LogP contribution in [-0.4, -0.2) is 30.2 Å². The highest BCUT2D eigenvalue weighted by Gasteiger charge is 2.18. The highest BCUT2D eigenvalue weighted by molar-refractivity contribution is 5.87. The second-order valence-electron chi connectivity index (χ2n) is 3.62. The van der Waals surface area contributed by atoms with Gasteiger partial charge in [0.2, 0.25) is 5.69 Å². The van der Waals surface area contributed by atoms with Gasteiger partial charge in [0, 0.05) is 14.1 Å². The fourth-order valence-corrected chi connectivity index (χ4v) is 1.64. The number of nitrogens with zero attached hydrogens (tertiary/aromatic N) is 3. The molecule has 0 aliphatic carbocycles. The molecule has 2 aromatic rings. The molecule has 9 nitrogen and oxygen atoms in total. The summed E-state index contributed by atoms with van der Waals surface area (Å²) in [6.45, 7) is 0. The van der Waals surface area contributed by atoms with Crippen molar-refractivity contribution in [2.75, 3.05) is 0 Å². The van der Waals surface area contributed by atoms with Gasteiger partial charge in [-0.25, -0.2) is 14.6 Å². The van der Waals surface area contributed by atoms with Crippen molar-refractivity contribution in [2.45, 2.75) is 0 Å². The lowest BCUT2D eigenvalue weighted by atomic mass is 10.4. The largest absolute Gasteiger partial charge is 0.476 e. The third-order valence-electron chi connectivity index (χ3n) is 2.52. The van der Waals surface area contributed by atoms with Crippen LogP contribution in [0.1, 0.15) is 10.5 Å². The molecule has 18 heavy (non-hydrogen) atoms. The van der Waals surface area contributed by atoms with Gasteiger partial charge in [-0.1, -0.05) is 0 Å². The molecule has 0 atom stereocenters. The smallest absolute Gasteiger partial charge is 0.360 e. The van der Waals surface area contributed by atoms with Crippen LogP contribution in [0, 0.1) is 0 Å². The fourth-order valence-electron chi connectivity index (χ4n) is 1.64. The summed E-state index contributed by atoms with van der Waals surface area (Å²) in [5.74, 6) is -1.54. The van der Waals surface area contributed by atoms with E-state index in [-0.39, 0.29) is 11.2 Å². The Morgan fingerprint density at radius 3 is 2.39 bits per heavy atom. The van der Waals surface area contributed by atoms with Crippen LogP contribution in [0.2, 0.25) is 0 Å². The van der Waals surface area contributed by atoms with Crippen LogP contribution in [0.15, 0.2) is 14.4 Å². The molecule has 2 N–H and O–H groups in total. The Morgan fingerprint density at radius 2 is 1.83 bits per heavy atom. The number of aromatic amines is 1. The summed E-state index contributed by atoms with van der Waals surface area (Å²) >= 11 is 0. The number of nitrogens with one attached hydrogen (secondary N) is 1. The Labute approximate surface area is 97.9 Å². The first-order chi connectivity index (χ1) is 8.34. The maximum absolute atomic E-state index is 11.7. The molecule has 0 aromatic carbocycles. The molecule has 0 unspecified atom stereocenters. The summed E-state index contributed by atoms with van der Waals surface area (Å²) in [4.78, 5) is 50.9. The Bertz CT molecular complexity index is 841. The van der Waals surface area contributed by atoms with Gasteiger partial charge < -0.3 is 5.11 Å². The first kappa shape index (κ1) is 11.8. The average Bonchev–Trinajstić information content (AvgIpc) is 2.29. The lowest BCUT2D eigenvalue weighted by Crippen LogP contribution is -2.36. The molecule has 2 rings (SSSR count). The number of rotatable bonds is 1. The molecule has 2 aromatic heterocycles. The fraction of sp³-hybridized carbons (Fsp3) is 0.222. The molecule has 0 bridgehead atoms. The molecule has 0 spiro atoms. The summed E-state index contributed by atoms with van der Waals surface area (Å²) < 4.78 is 1.92. The normalized spacial score (nSPS) is 10.8. The molecule has 0 aliphatic heterocycles. The van der Waals surface area contributed by atoms with Crippen LogP contribution in [0.4, 0.5) is 0 Å². The van der Waals surface area contributed by atoms with Gasteiger partial charge in [-0.05, 0) is 0 Å². The lowest BCUT2D eigenvalue weighted by molar-refractivity contribution is 0.0688.